The highest BCUT2D eigenvalue weighted by Crippen LogP contribution is 2.25. The summed E-state index contributed by atoms with van der Waals surface area (Å²) in [6.45, 7) is 3.35. The Bertz CT molecular complexity index is 1380. The lowest BCUT2D eigenvalue weighted by Gasteiger charge is -2.33. The summed E-state index contributed by atoms with van der Waals surface area (Å²) in [4.78, 5) is 32.9. The Kier molecular flexibility index (Phi) is 6.46. The van der Waals surface area contributed by atoms with Crippen molar-refractivity contribution in [1.29, 1.82) is 0 Å². The van der Waals surface area contributed by atoms with E-state index in [9.17, 15) is 9.59 Å². The monoisotopic (exact) mass is 481 g/mol. The van der Waals surface area contributed by atoms with Gasteiger partial charge in [0.05, 0.1) is 31.2 Å². The lowest BCUT2D eigenvalue weighted by Crippen LogP contribution is -2.49. The van der Waals surface area contributed by atoms with Gasteiger partial charge in [-0.05, 0) is 30.2 Å². The van der Waals surface area contributed by atoms with Crippen molar-refractivity contribution in [1.82, 2.24) is 20.1 Å². The van der Waals surface area contributed by atoms with E-state index >= 15 is 0 Å². The molecule has 34 heavy (non-hydrogen) atoms. The number of fused-ring (bicyclic) bond motifs is 2. The van der Waals surface area contributed by atoms with Gasteiger partial charge in [-0.15, -0.1) is 0 Å². The molecule has 1 saturated heterocycles. The molecule has 0 saturated carbocycles. The molecule has 176 valence electrons. The molecule has 4 aromatic rings. The van der Waals surface area contributed by atoms with Crippen LogP contribution in [-0.4, -0.2) is 65.4 Å². The number of piperazine rings is 1. The summed E-state index contributed by atoms with van der Waals surface area (Å²) in [5, 5.41) is 8.38. The molecule has 0 spiro atoms. The predicted molar refractivity (Wildman–Crippen MR) is 129 cm³/mol. The van der Waals surface area contributed by atoms with Gasteiger partial charge >= 0.3 is 0 Å². The number of H-pyrrole nitrogens is 1. The second kappa shape index (κ2) is 9.82. The topological polar surface area (TPSA) is 105 Å². The van der Waals surface area contributed by atoms with Crippen molar-refractivity contribution in [3.63, 3.8) is 0 Å². The average molecular weight is 482 g/mol. The van der Waals surface area contributed by atoms with E-state index in [1.807, 2.05) is 28.0 Å². The van der Waals surface area contributed by atoms with Crippen molar-refractivity contribution < 1.29 is 13.9 Å². The zero-order valence-electron chi connectivity index (χ0n) is 18.5. The maximum Gasteiger partial charge on any atom is 0.298 e. The number of ether oxygens (including phenoxy) is 1. The number of carbonyl (C=O) groups is 1. The summed E-state index contributed by atoms with van der Waals surface area (Å²) >= 11 is 6.02. The number of nitrogens with one attached hydrogen (secondary N) is 1. The number of hydrogen-bond acceptors (Lipinski definition) is 7. The molecule has 1 aliphatic rings. The molecule has 0 aliphatic carbocycles. The lowest BCUT2D eigenvalue weighted by atomic mass is 10.1. The predicted octanol–water partition coefficient (Wildman–Crippen LogP) is 3.02. The quantitative estimate of drug-likeness (QED) is 0.404. The van der Waals surface area contributed by atoms with E-state index in [1.165, 1.54) is 0 Å². The Labute approximate surface area is 200 Å². The van der Waals surface area contributed by atoms with Gasteiger partial charge in [0.15, 0.2) is 5.58 Å². The first-order valence-corrected chi connectivity index (χ1v) is 11.6. The molecule has 1 N–H and O–H groups in total. The number of benzene rings is 2. The Morgan fingerprint density at radius 2 is 1.97 bits per heavy atom. The van der Waals surface area contributed by atoms with Crippen molar-refractivity contribution >= 4 is 45.4 Å². The molecular formula is C24H24ClN5O4. The lowest BCUT2D eigenvalue weighted by molar-refractivity contribution is -0.132. The number of aromatic nitrogens is 3. The molecule has 1 aliphatic heterocycles. The molecule has 1 fully saturated rings. The van der Waals surface area contributed by atoms with Gasteiger partial charge < -0.3 is 19.0 Å². The van der Waals surface area contributed by atoms with E-state index in [-0.39, 0.29) is 11.5 Å². The number of nitrogens with zero attached hydrogens (tertiary/aromatic N) is 4. The molecule has 0 unspecified atom stereocenters. The molecule has 10 heteroatoms. The summed E-state index contributed by atoms with van der Waals surface area (Å²) in [5.41, 5.74) is 2.22. The van der Waals surface area contributed by atoms with E-state index in [0.717, 1.165) is 16.5 Å². The zero-order chi connectivity index (χ0) is 23.5. The molecule has 0 atom stereocenters. The van der Waals surface area contributed by atoms with E-state index < -0.39 is 0 Å². The van der Waals surface area contributed by atoms with Crippen LogP contribution >= 0.6 is 11.6 Å². The fraction of sp³-hybridized carbons (Fsp3) is 0.333. The van der Waals surface area contributed by atoms with Gasteiger partial charge in [0.2, 0.25) is 5.91 Å². The van der Waals surface area contributed by atoms with Crippen LogP contribution in [0.3, 0.4) is 0 Å². The van der Waals surface area contributed by atoms with Crippen LogP contribution in [0, 0.1) is 0 Å². The van der Waals surface area contributed by atoms with Crippen LogP contribution in [-0.2, 0) is 16.0 Å². The summed E-state index contributed by atoms with van der Waals surface area (Å²) in [6, 6.07) is 11.5. The molecular weight excluding hydrogens is 458 g/mol. The number of amides is 1. The first-order chi connectivity index (χ1) is 16.6. The number of aromatic amines is 1. The maximum atomic E-state index is 12.6. The van der Waals surface area contributed by atoms with Gasteiger partial charge in [-0.3, -0.25) is 9.59 Å². The van der Waals surface area contributed by atoms with Crippen molar-refractivity contribution in [2.24, 2.45) is 0 Å². The summed E-state index contributed by atoms with van der Waals surface area (Å²) in [5.74, 6) is 0.0740. The second-order valence-electron chi connectivity index (χ2n) is 8.17. The van der Waals surface area contributed by atoms with Gasteiger partial charge in [0.1, 0.15) is 5.52 Å². The molecule has 2 aromatic heterocycles. The Morgan fingerprint density at radius 1 is 1.12 bits per heavy atom. The minimum absolute atomic E-state index is 0.0740. The van der Waals surface area contributed by atoms with Crippen molar-refractivity contribution in [3.05, 3.63) is 63.5 Å². The fourth-order valence-electron chi connectivity index (χ4n) is 4.17. The molecule has 3 heterocycles. The normalized spacial score (nSPS) is 14.3. The minimum atomic E-state index is -0.202. The van der Waals surface area contributed by atoms with Gasteiger partial charge in [-0.2, -0.15) is 10.1 Å². The van der Waals surface area contributed by atoms with Gasteiger partial charge in [-0.25, -0.2) is 5.10 Å². The van der Waals surface area contributed by atoms with Gasteiger partial charge in [0, 0.05) is 42.7 Å². The van der Waals surface area contributed by atoms with Crippen LogP contribution in [0.1, 0.15) is 12.0 Å². The van der Waals surface area contributed by atoms with E-state index in [2.05, 4.69) is 15.2 Å². The molecule has 0 bridgehead atoms. The Balaban J connectivity index is 1.06. The van der Waals surface area contributed by atoms with E-state index in [0.29, 0.717) is 74.2 Å². The summed E-state index contributed by atoms with van der Waals surface area (Å²) < 4.78 is 11.5. The minimum Gasteiger partial charge on any atom is -0.423 e. The van der Waals surface area contributed by atoms with E-state index in [1.54, 1.807) is 24.4 Å². The van der Waals surface area contributed by atoms with Gasteiger partial charge in [0.25, 0.3) is 11.6 Å². The second-order valence-corrected chi connectivity index (χ2v) is 8.60. The third-order valence-electron chi connectivity index (χ3n) is 6.02. The molecule has 1 amide bonds. The number of anilines is 1. The number of hydrogen-bond donors (Lipinski definition) is 1. The van der Waals surface area contributed by atoms with Crippen LogP contribution in [0.4, 0.5) is 6.01 Å². The Morgan fingerprint density at radius 3 is 2.82 bits per heavy atom. The highest BCUT2D eigenvalue weighted by Gasteiger charge is 2.24. The third kappa shape index (κ3) is 4.76. The number of rotatable bonds is 7. The average Bonchev–Trinajstić information content (AvgIpc) is 3.27. The van der Waals surface area contributed by atoms with Gasteiger partial charge in [-0.1, -0.05) is 23.7 Å². The van der Waals surface area contributed by atoms with Crippen molar-refractivity contribution in [2.45, 2.75) is 12.8 Å². The van der Waals surface area contributed by atoms with Crippen LogP contribution in [0.25, 0.3) is 21.9 Å². The first-order valence-electron chi connectivity index (χ1n) is 11.2. The molecule has 0 radical (unpaired) electrons. The highest BCUT2D eigenvalue weighted by molar-refractivity contribution is 6.31. The summed E-state index contributed by atoms with van der Waals surface area (Å²) in [7, 11) is 0. The molecule has 2 aromatic carbocycles. The molecule has 9 nitrogen and oxygen atoms in total. The zero-order valence-corrected chi connectivity index (χ0v) is 19.3. The summed E-state index contributed by atoms with van der Waals surface area (Å²) in [6.07, 6.45) is 2.63. The van der Waals surface area contributed by atoms with Crippen LogP contribution in [0.2, 0.25) is 5.02 Å². The van der Waals surface area contributed by atoms with Crippen LogP contribution in [0.15, 0.2) is 51.8 Å². The standard InChI is InChI=1S/C24H24ClN5O4/c25-17-4-5-20-21(14-17)34-24(27-20)30-10-8-29(9-11-30)22(31)7-13-33-12-6-16-2-1-3-18-19(16)15-26-28-23(18)32/h1-5,14-15H,6-13H2,(H,28,32). The largest absolute Gasteiger partial charge is 0.423 e. The third-order valence-corrected chi connectivity index (χ3v) is 6.25. The van der Waals surface area contributed by atoms with Crippen molar-refractivity contribution in [2.75, 3.05) is 44.3 Å². The first kappa shape index (κ1) is 22.4. The number of oxazole rings is 1. The number of halogens is 1. The highest BCUT2D eigenvalue weighted by atomic mass is 35.5. The number of carbonyl (C=O) groups excluding carboxylic acids is 1. The van der Waals surface area contributed by atoms with Crippen molar-refractivity contribution in [3.8, 4) is 0 Å². The molecule has 5 rings (SSSR count). The smallest absolute Gasteiger partial charge is 0.298 e. The van der Waals surface area contributed by atoms with E-state index in [4.69, 9.17) is 20.8 Å². The fourth-order valence-corrected chi connectivity index (χ4v) is 4.33. The maximum absolute atomic E-state index is 12.6. The van der Waals surface area contributed by atoms with Crippen LogP contribution in [0.5, 0.6) is 0 Å². The SMILES string of the molecule is O=C(CCOCCc1cccc2c(=O)[nH]ncc12)N1CCN(c2nc3ccc(Cl)cc3o2)CC1. The Hall–Kier alpha value is -3.43. The van der Waals surface area contributed by atoms with Crippen LogP contribution < -0.4 is 10.5 Å².